The summed E-state index contributed by atoms with van der Waals surface area (Å²) in [5.74, 6) is 2.60. The van der Waals surface area contributed by atoms with Crippen LogP contribution in [0, 0.1) is 0 Å². The van der Waals surface area contributed by atoms with Crippen molar-refractivity contribution in [1.82, 2.24) is 5.32 Å². The minimum atomic E-state index is 0. The van der Waals surface area contributed by atoms with Gasteiger partial charge in [-0.25, -0.2) is 0 Å². The summed E-state index contributed by atoms with van der Waals surface area (Å²) in [5.41, 5.74) is 0.972. The van der Waals surface area contributed by atoms with Gasteiger partial charge in [-0.05, 0) is 69.5 Å². The highest BCUT2D eigenvalue weighted by molar-refractivity contribution is 14.0. The lowest BCUT2D eigenvalue weighted by Gasteiger charge is -2.14. The Kier molecular flexibility index (Phi) is 13.2. The summed E-state index contributed by atoms with van der Waals surface area (Å²) in [4.78, 5) is 4.70. The minimum Gasteiger partial charge on any atom is -0.491 e. The van der Waals surface area contributed by atoms with Crippen molar-refractivity contribution in [3.8, 4) is 5.75 Å². The Morgan fingerprint density at radius 2 is 1.90 bits per heavy atom. The average molecular weight is 515 g/mol. The van der Waals surface area contributed by atoms with E-state index in [2.05, 4.69) is 10.6 Å². The third-order valence-corrected chi connectivity index (χ3v) is 4.01. The summed E-state index contributed by atoms with van der Waals surface area (Å²) in [5, 5.41) is 6.75. The number of aliphatic imine (C=N–C) groups is 1. The van der Waals surface area contributed by atoms with E-state index < -0.39 is 0 Å². The first-order valence-electron chi connectivity index (χ1n) is 10.0. The van der Waals surface area contributed by atoms with Crippen LogP contribution in [0.4, 0.5) is 5.69 Å². The van der Waals surface area contributed by atoms with Crippen LogP contribution in [-0.4, -0.2) is 38.9 Å². The topological polar surface area (TPSA) is 68.0 Å². The van der Waals surface area contributed by atoms with E-state index in [1.807, 2.05) is 50.2 Å². The normalized spacial score (nSPS) is 11.2. The van der Waals surface area contributed by atoms with Gasteiger partial charge in [0.05, 0.1) is 12.4 Å². The maximum absolute atomic E-state index is 5.70. The van der Waals surface area contributed by atoms with E-state index in [-0.39, 0.29) is 30.1 Å². The zero-order valence-electron chi connectivity index (χ0n) is 17.6. The van der Waals surface area contributed by atoms with E-state index in [1.54, 1.807) is 13.4 Å². The zero-order chi connectivity index (χ0) is 20.0. The van der Waals surface area contributed by atoms with Crippen LogP contribution in [0.3, 0.4) is 0 Å². The number of hydrogen-bond acceptors (Lipinski definition) is 4. The fourth-order valence-corrected chi connectivity index (χ4v) is 2.65. The maximum atomic E-state index is 5.70. The molecule has 1 aromatic heterocycles. The Hall–Kier alpha value is -1.74. The molecular formula is C22H34IN3O3. The first-order valence-corrected chi connectivity index (χ1v) is 10.0. The van der Waals surface area contributed by atoms with Crippen molar-refractivity contribution in [1.29, 1.82) is 0 Å². The van der Waals surface area contributed by atoms with E-state index >= 15 is 0 Å². The van der Waals surface area contributed by atoms with E-state index in [0.29, 0.717) is 0 Å². The molecule has 0 fully saturated rings. The molecule has 162 valence electrons. The number of methoxy groups -OCH3 is 1. The monoisotopic (exact) mass is 515 g/mol. The molecule has 0 aliphatic rings. The van der Waals surface area contributed by atoms with Gasteiger partial charge in [0.1, 0.15) is 11.5 Å². The summed E-state index contributed by atoms with van der Waals surface area (Å²) in [6.45, 7) is 6.37. The average Bonchev–Trinajstić information content (AvgIpc) is 3.19. The fourth-order valence-electron chi connectivity index (χ4n) is 2.65. The van der Waals surface area contributed by atoms with Crippen LogP contribution in [0.15, 0.2) is 52.1 Å². The van der Waals surface area contributed by atoms with Crippen LogP contribution in [0.1, 0.15) is 38.9 Å². The van der Waals surface area contributed by atoms with Crippen molar-refractivity contribution in [2.75, 3.05) is 32.1 Å². The second kappa shape index (κ2) is 15.1. The Bertz CT molecular complexity index is 673. The van der Waals surface area contributed by atoms with E-state index in [9.17, 15) is 0 Å². The predicted molar refractivity (Wildman–Crippen MR) is 130 cm³/mol. The number of halogens is 1. The molecular weight excluding hydrogens is 481 g/mol. The highest BCUT2D eigenvalue weighted by atomic mass is 127. The standard InChI is InChI=1S/C22H33N3O3.HI/c1-18(2)28-21-11-9-19(10-12-21)25-22(23-14-5-4-6-16-26-3)24-15-13-20-8-7-17-27-20;/h7-12,17-18H,4-6,13-16H2,1-3H3,(H2,23,24,25);1H. The van der Waals surface area contributed by atoms with E-state index in [4.69, 9.17) is 18.9 Å². The molecule has 1 aromatic carbocycles. The number of nitrogens with one attached hydrogen (secondary N) is 2. The van der Waals surface area contributed by atoms with Crippen LogP contribution < -0.4 is 15.4 Å². The van der Waals surface area contributed by atoms with E-state index in [0.717, 1.165) is 68.5 Å². The number of furan rings is 1. The lowest BCUT2D eigenvalue weighted by atomic mass is 10.2. The Morgan fingerprint density at radius 1 is 1.10 bits per heavy atom. The van der Waals surface area contributed by atoms with Crippen LogP contribution in [0.5, 0.6) is 5.75 Å². The molecule has 0 atom stereocenters. The molecule has 0 bridgehead atoms. The van der Waals surface area contributed by atoms with Crippen molar-refractivity contribution in [2.45, 2.75) is 45.6 Å². The Labute approximate surface area is 191 Å². The molecule has 1 heterocycles. The summed E-state index contributed by atoms with van der Waals surface area (Å²) < 4.78 is 16.2. The summed E-state index contributed by atoms with van der Waals surface area (Å²) in [7, 11) is 1.74. The molecule has 2 aromatic rings. The molecule has 0 aliphatic carbocycles. The molecule has 0 radical (unpaired) electrons. The molecule has 0 saturated heterocycles. The van der Waals surface area contributed by atoms with Gasteiger partial charge in [0, 0.05) is 38.9 Å². The Morgan fingerprint density at radius 3 is 2.55 bits per heavy atom. The molecule has 2 rings (SSSR count). The zero-order valence-corrected chi connectivity index (χ0v) is 20.0. The van der Waals surface area contributed by atoms with Crippen molar-refractivity contribution < 1.29 is 13.9 Å². The molecule has 6 nitrogen and oxygen atoms in total. The summed E-state index contributed by atoms with van der Waals surface area (Å²) in [6, 6.07) is 11.8. The van der Waals surface area contributed by atoms with Gasteiger partial charge in [-0.2, -0.15) is 0 Å². The van der Waals surface area contributed by atoms with Crippen LogP contribution in [-0.2, 0) is 11.2 Å². The minimum absolute atomic E-state index is 0. The molecule has 0 unspecified atom stereocenters. The molecule has 29 heavy (non-hydrogen) atoms. The number of rotatable bonds is 12. The van der Waals surface area contributed by atoms with Crippen LogP contribution in [0.25, 0.3) is 0 Å². The number of ether oxygens (including phenoxy) is 2. The SMILES string of the molecule is COCCCCCN=C(NCCc1ccco1)Nc1ccc(OC(C)C)cc1.I. The smallest absolute Gasteiger partial charge is 0.195 e. The molecule has 2 N–H and O–H groups in total. The van der Waals surface area contributed by atoms with E-state index in [1.165, 1.54) is 0 Å². The lowest BCUT2D eigenvalue weighted by molar-refractivity contribution is 0.192. The second-order valence-corrected chi connectivity index (χ2v) is 6.86. The van der Waals surface area contributed by atoms with Gasteiger partial charge in [-0.1, -0.05) is 0 Å². The number of guanidine groups is 1. The van der Waals surface area contributed by atoms with Gasteiger partial charge in [-0.3, -0.25) is 4.99 Å². The lowest BCUT2D eigenvalue weighted by Crippen LogP contribution is -2.32. The van der Waals surface area contributed by atoms with Crippen molar-refractivity contribution in [3.05, 3.63) is 48.4 Å². The molecule has 0 spiro atoms. The van der Waals surface area contributed by atoms with Gasteiger partial charge in [-0.15, -0.1) is 24.0 Å². The largest absolute Gasteiger partial charge is 0.491 e. The molecule has 7 heteroatoms. The van der Waals surface area contributed by atoms with Gasteiger partial charge in [0.15, 0.2) is 5.96 Å². The highest BCUT2D eigenvalue weighted by Gasteiger charge is 2.03. The summed E-state index contributed by atoms with van der Waals surface area (Å²) in [6.07, 6.45) is 5.88. The third-order valence-electron chi connectivity index (χ3n) is 4.01. The second-order valence-electron chi connectivity index (χ2n) is 6.86. The molecule has 0 saturated carbocycles. The summed E-state index contributed by atoms with van der Waals surface area (Å²) >= 11 is 0. The van der Waals surface area contributed by atoms with Crippen molar-refractivity contribution >= 4 is 35.6 Å². The van der Waals surface area contributed by atoms with Crippen LogP contribution in [0.2, 0.25) is 0 Å². The number of anilines is 1. The quantitative estimate of drug-likeness (QED) is 0.178. The highest BCUT2D eigenvalue weighted by Crippen LogP contribution is 2.16. The van der Waals surface area contributed by atoms with Gasteiger partial charge in [0.25, 0.3) is 0 Å². The molecule has 0 aliphatic heterocycles. The van der Waals surface area contributed by atoms with Crippen molar-refractivity contribution in [2.24, 2.45) is 4.99 Å². The fraction of sp³-hybridized carbons (Fsp3) is 0.500. The first-order chi connectivity index (χ1) is 13.7. The van der Waals surface area contributed by atoms with Crippen LogP contribution >= 0.6 is 24.0 Å². The van der Waals surface area contributed by atoms with Gasteiger partial charge < -0.3 is 24.5 Å². The molecule has 0 amide bonds. The number of hydrogen-bond donors (Lipinski definition) is 2. The Balaban J connectivity index is 0.00000420. The number of nitrogens with zero attached hydrogens (tertiary/aromatic N) is 1. The first kappa shape index (κ1) is 25.3. The maximum Gasteiger partial charge on any atom is 0.195 e. The predicted octanol–water partition coefficient (Wildman–Crippen LogP) is 5.10. The van der Waals surface area contributed by atoms with Gasteiger partial charge in [0.2, 0.25) is 0 Å². The number of benzene rings is 1. The third kappa shape index (κ3) is 11.1. The number of unbranched alkanes of at least 4 members (excludes halogenated alkanes) is 2. The van der Waals surface area contributed by atoms with Crippen molar-refractivity contribution in [3.63, 3.8) is 0 Å². The van der Waals surface area contributed by atoms with Gasteiger partial charge >= 0.3 is 0 Å².